The van der Waals surface area contributed by atoms with Crippen molar-refractivity contribution in [3.05, 3.63) is 95.2 Å². The van der Waals surface area contributed by atoms with Gasteiger partial charge in [-0.2, -0.15) is 0 Å². The molecule has 1 N–H and O–H groups in total. The Bertz CT molecular complexity index is 1680. The third kappa shape index (κ3) is 5.78. The van der Waals surface area contributed by atoms with Crippen molar-refractivity contribution in [1.82, 2.24) is 10.2 Å². The van der Waals surface area contributed by atoms with Crippen LogP contribution < -0.4 is 15.1 Å². The Kier molecular flexibility index (Phi) is 8.10. The fourth-order valence-corrected chi connectivity index (χ4v) is 9.64. The monoisotopic (exact) mass is 620 g/mol. The van der Waals surface area contributed by atoms with E-state index in [0.29, 0.717) is 18.1 Å². The number of piperidine rings is 2. The molecular formula is C38H44N4S2. The summed E-state index contributed by atoms with van der Waals surface area (Å²) >= 11 is 3.69. The van der Waals surface area contributed by atoms with E-state index in [9.17, 15) is 0 Å². The maximum Gasteiger partial charge on any atom is 0.0517 e. The number of rotatable bonds is 9. The van der Waals surface area contributed by atoms with Crippen LogP contribution in [0.3, 0.4) is 0 Å². The maximum absolute atomic E-state index is 3.59. The SMILES string of the molecule is CC(c1ccccc1)N(c1ccc2sccc2c1)C1CCN(C2CC2CN(c2ccc3sccc3c2)C2CCNCC2)CC1. The first-order valence-corrected chi connectivity index (χ1v) is 18.5. The van der Waals surface area contributed by atoms with Crippen molar-refractivity contribution in [3.8, 4) is 0 Å². The summed E-state index contributed by atoms with van der Waals surface area (Å²) < 4.78 is 2.78. The molecule has 0 bridgehead atoms. The van der Waals surface area contributed by atoms with Gasteiger partial charge >= 0.3 is 0 Å². The molecule has 8 rings (SSSR count). The first-order chi connectivity index (χ1) is 21.7. The molecule has 1 saturated carbocycles. The second-order valence-electron chi connectivity index (χ2n) is 13.2. The molecule has 5 aromatic rings. The highest BCUT2D eigenvalue weighted by Gasteiger charge is 2.45. The van der Waals surface area contributed by atoms with E-state index in [1.807, 2.05) is 22.7 Å². The standard InChI is InChI=1S/C38H44N4S2/c1-27(28-5-3-2-4-6-28)42(35-8-10-38-30(24-35)16-22-44-38)33-13-19-40(20-14-33)36-25-31(36)26-41(32-11-17-39-18-12-32)34-7-9-37-29(23-34)15-21-43-37/h2-10,15-16,21-24,27,31-33,36,39H,11-14,17-20,25-26H2,1H3. The number of nitrogens with zero attached hydrogens (tertiary/aromatic N) is 3. The third-order valence-electron chi connectivity index (χ3n) is 10.6. The summed E-state index contributed by atoms with van der Waals surface area (Å²) in [6.07, 6.45) is 6.31. The number of hydrogen-bond acceptors (Lipinski definition) is 6. The van der Waals surface area contributed by atoms with E-state index in [2.05, 4.69) is 117 Å². The van der Waals surface area contributed by atoms with E-state index in [1.54, 1.807) is 0 Å². The minimum atomic E-state index is 0.344. The van der Waals surface area contributed by atoms with Crippen molar-refractivity contribution < 1.29 is 0 Å². The van der Waals surface area contributed by atoms with E-state index < -0.39 is 0 Å². The molecule has 1 aliphatic carbocycles. The lowest BCUT2D eigenvalue weighted by Gasteiger charge is -2.43. The largest absolute Gasteiger partial charge is 0.368 e. The Morgan fingerprint density at radius 1 is 0.773 bits per heavy atom. The van der Waals surface area contributed by atoms with Crippen molar-refractivity contribution in [1.29, 1.82) is 0 Å². The van der Waals surface area contributed by atoms with Gasteiger partial charge in [-0.3, -0.25) is 4.90 Å². The molecule has 228 valence electrons. The van der Waals surface area contributed by atoms with Crippen LogP contribution in [0.2, 0.25) is 0 Å². The molecule has 0 amide bonds. The second-order valence-corrected chi connectivity index (χ2v) is 15.1. The van der Waals surface area contributed by atoms with Crippen LogP contribution in [0.5, 0.6) is 0 Å². The maximum atomic E-state index is 3.59. The highest BCUT2D eigenvalue weighted by atomic mass is 32.1. The van der Waals surface area contributed by atoms with Gasteiger partial charge in [0.15, 0.2) is 0 Å². The average Bonchev–Trinajstić information content (AvgIpc) is 3.43. The molecule has 44 heavy (non-hydrogen) atoms. The number of thiophene rings is 2. The highest BCUT2D eigenvalue weighted by Crippen LogP contribution is 2.42. The molecule has 2 aromatic heterocycles. The Labute approximate surface area is 270 Å². The Morgan fingerprint density at radius 3 is 2.14 bits per heavy atom. The van der Waals surface area contributed by atoms with Crippen LogP contribution in [0.15, 0.2) is 89.6 Å². The lowest BCUT2D eigenvalue weighted by atomic mass is 9.97. The van der Waals surface area contributed by atoms with Crippen LogP contribution in [0.4, 0.5) is 11.4 Å². The molecule has 3 unspecified atom stereocenters. The normalized spacial score (nSPS) is 22.4. The molecule has 3 aromatic carbocycles. The van der Waals surface area contributed by atoms with Crippen LogP contribution in [-0.2, 0) is 0 Å². The summed E-state index contributed by atoms with van der Waals surface area (Å²) in [6.45, 7) is 8.29. The van der Waals surface area contributed by atoms with Gasteiger partial charge in [-0.25, -0.2) is 0 Å². The van der Waals surface area contributed by atoms with Gasteiger partial charge in [0.2, 0.25) is 0 Å². The molecule has 2 aliphatic heterocycles. The minimum Gasteiger partial charge on any atom is -0.368 e. The van der Waals surface area contributed by atoms with Gasteiger partial charge in [0, 0.05) is 58.5 Å². The molecule has 4 nitrogen and oxygen atoms in total. The molecule has 2 saturated heterocycles. The zero-order valence-electron chi connectivity index (χ0n) is 25.8. The van der Waals surface area contributed by atoms with Crippen LogP contribution in [-0.4, -0.2) is 55.7 Å². The topological polar surface area (TPSA) is 21.8 Å². The average molecular weight is 621 g/mol. The van der Waals surface area contributed by atoms with Gasteiger partial charge in [0.1, 0.15) is 0 Å². The van der Waals surface area contributed by atoms with Crippen LogP contribution in [0.25, 0.3) is 20.2 Å². The van der Waals surface area contributed by atoms with Gasteiger partial charge in [-0.1, -0.05) is 30.3 Å². The molecule has 3 aliphatic rings. The molecule has 4 heterocycles. The first-order valence-electron chi connectivity index (χ1n) is 16.7. The van der Waals surface area contributed by atoms with Gasteiger partial charge in [-0.05, 0) is 134 Å². The van der Waals surface area contributed by atoms with Crippen molar-refractivity contribution in [3.63, 3.8) is 0 Å². The molecular weight excluding hydrogens is 577 g/mol. The van der Waals surface area contributed by atoms with E-state index >= 15 is 0 Å². The molecule has 6 heteroatoms. The van der Waals surface area contributed by atoms with Crippen LogP contribution >= 0.6 is 22.7 Å². The van der Waals surface area contributed by atoms with Crippen molar-refractivity contribution >= 4 is 54.2 Å². The third-order valence-corrected chi connectivity index (χ3v) is 12.4. The molecule has 3 atom stereocenters. The Morgan fingerprint density at radius 2 is 1.43 bits per heavy atom. The summed E-state index contributed by atoms with van der Waals surface area (Å²) in [7, 11) is 0. The van der Waals surface area contributed by atoms with E-state index in [1.165, 1.54) is 88.8 Å². The van der Waals surface area contributed by atoms with Crippen molar-refractivity contribution in [2.45, 2.75) is 63.2 Å². The lowest BCUT2D eigenvalue weighted by molar-refractivity contribution is 0.189. The number of anilines is 2. The fourth-order valence-electron chi connectivity index (χ4n) is 8.10. The van der Waals surface area contributed by atoms with E-state index in [4.69, 9.17) is 0 Å². The van der Waals surface area contributed by atoms with Crippen LogP contribution in [0.1, 0.15) is 50.6 Å². The number of likely N-dealkylation sites (tertiary alicyclic amines) is 1. The van der Waals surface area contributed by atoms with E-state index in [0.717, 1.165) is 25.0 Å². The summed E-state index contributed by atoms with van der Waals surface area (Å²) in [5.74, 6) is 0.778. The van der Waals surface area contributed by atoms with Crippen molar-refractivity contribution in [2.75, 3.05) is 42.5 Å². The smallest absolute Gasteiger partial charge is 0.0517 e. The summed E-state index contributed by atoms with van der Waals surface area (Å²) in [5, 5.41) is 10.8. The van der Waals surface area contributed by atoms with Crippen molar-refractivity contribution in [2.24, 2.45) is 5.92 Å². The number of hydrogen-bond donors (Lipinski definition) is 1. The predicted octanol–water partition coefficient (Wildman–Crippen LogP) is 8.80. The zero-order valence-corrected chi connectivity index (χ0v) is 27.4. The first kappa shape index (κ1) is 28.6. The van der Waals surface area contributed by atoms with E-state index in [-0.39, 0.29) is 0 Å². The summed E-state index contributed by atoms with van der Waals surface area (Å²) in [6, 6.07) is 32.3. The number of benzene rings is 3. The second kappa shape index (κ2) is 12.5. The quantitative estimate of drug-likeness (QED) is 0.178. The summed E-state index contributed by atoms with van der Waals surface area (Å²) in [5.41, 5.74) is 4.21. The number of fused-ring (bicyclic) bond motifs is 2. The molecule has 0 radical (unpaired) electrons. The van der Waals surface area contributed by atoms with Gasteiger partial charge in [0.25, 0.3) is 0 Å². The van der Waals surface area contributed by atoms with Gasteiger partial charge in [0.05, 0.1) is 6.04 Å². The Hall–Kier alpha value is -2.90. The zero-order chi connectivity index (χ0) is 29.5. The number of nitrogens with one attached hydrogen (secondary N) is 1. The predicted molar refractivity (Wildman–Crippen MR) is 191 cm³/mol. The fraction of sp³-hybridized carbons (Fsp3) is 0.421. The van der Waals surface area contributed by atoms with Gasteiger partial charge < -0.3 is 15.1 Å². The molecule has 0 spiro atoms. The van der Waals surface area contributed by atoms with Gasteiger partial charge in [-0.15, -0.1) is 22.7 Å². The van der Waals surface area contributed by atoms with Crippen LogP contribution in [0, 0.1) is 5.92 Å². The summed E-state index contributed by atoms with van der Waals surface area (Å²) in [4.78, 5) is 8.38. The highest BCUT2D eigenvalue weighted by molar-refractivity contribution is 7.17. The lowest BCUT2D eigenvalue weighted by Crippen LogP contribution is -2.47. The minimum absolute atomic E-state index is 0.344. The Balaban J connectivity index is 0.964. The molecule has 3 fully saturated rings.